The monoisotopic (exact) mass is 271 g/mol. The Labute approximate surface area is 106 Å². The number of benzene rings is 1. The summed E-state index contributed by atoms with van der Waals surface area (Å²) in [6.07, 6.45) is -0.833. The number of aliphatic carboxylic acids is 2. The van der Waals surface area contributed by atoms with Crippen LogP contribution in [0.1, 0.15) is 16.8 Å². The second-order valence-corrected chi connectivity index (χ2v) is 3.63. The molecule has 0 aliphatic heterocycles. The van der Waals surface area contributed by atoms with Crippen molar-refractivity contribution in [2.24, 2.45) is 0 Å². The van der Waals surface area contributed by atoms with Crippen molar-refractivity contribution in [2.45, 2.75) is 12.5 Å². The van der Waals surface area contributed by atoms with Gasteiger partial charge in [0.2, 0.25) is 0 Å². The summed E-state index contributed by atoms with van der Waals surface area (Å²) < 4.78 is 13.3. The van der Waals surface area contributed by atoms with Crippen molar-refractivity contribution in [3.8, 4) is 5.75 Å². The van der Waals surface area contributed by atoms with E-state index in [4.69, 9.17) is 15.3 Å². The molecule has 0 radical (unpaired) electrons. The predicted molar refractivity (Wildman–Crippen MR) is 59.2 cm³/mol. The van der Waals surface area contributed by atoms with Gasteiger partial charge in [0.15, 0.2) is 0 Å². The van der Waals surface area contributed by atoms with Crippen LogP contribution < -0.4 is 5.32 Å². The summed E-state index contributed by atoms with van der Waals surface area (Å²) in [7, 11) is 0. The minimum absolute atomic E-state index is 0.394. The Morgan fingerprint density at radius 2 is 1.89 bits per heavy atom. The van der Waals surface area contributed by atoms with Crippen molar-refractivity contribution in [3.05, 3.63) is 29.6 Å². The van der Waals surface area contributed by atoms with Crippen LogP contribution in [0, 0.1) is 5.82 Å². The van der Waals surface area contributed by atoms with Crippen molar-refractivity contribution in [1.29, 1.82) is 0 Å². The minimum Gasteiger partial charge on any atom is -0.508 e. The quantitative estimate of drug-likeness (QED) is 0.606. The van der Waals surface area contributed by atoms with Gasteiger partial charge in [0.25, 0.3) is 5.91 Å². The summed E-state index contributed by atoms with van der Waals surface area (Å²) in [6.45, 7) is 0. The van der Waals surface area contributed by atoms with Crippen LogP contribution in [0.5, 0.6) is 5.75 Å². The summed E-state index contributed by atoms with van der Waals surface area (Å²) in [5, 5.41) is 28.1. The molecule has 0 saturated heterocycles. The molecule has 1 amide bonds. The molecule has 1 rings (SSSR count). The minimum atomic E-state index is -1.67. The number of nitrogens with one attached hydrogen (secondary N) is 1. The van der Waals surface area contributed by atoms with Gasteiger partial charge in [-0.25, -0.2) is 9.18 Å². The molecule has 0 heterocycles. The molecule has 102 valence electrons. The SMILES string of the molecule is O=C(O)C[C@H](NC(=O)c1ccc(O)cc1F)C(=O)O. The second kappa shape index (κ2) is 5.80. The number of phenolic OH excluding ortho intramolecular Hbond substituents is 1. The number of carboxylic acid groups (broad SMARTS) is 2. The van der Waals surface area contributed by atoms with Crippen molar-refractivity contribution in [1.82, 2.24) is 5.32 Å². The molecule has 19 heavy (non-hydrogen) atoms. The second-order valence-electron chi connectivity index (χ2n) is 3.63. The maximum absolute atomic E-state index is 13.3. The maximum atomic E-state index is 13.3. The zero-order chi connectivity index (χ0) is 14.6. The Balaban J connectivity index is 2.87. The summed E-state index contributed by atoms with van der Waals surface area (Å²) in [4.78, 5) is 32.7. The van der Waals surface area contributed by atoms with Gasteiger partial charge in [-0.05, 0) is 12.1 Å². The largest absolute Gasteiger partial charge is 0.508 e. The number of hydrogen-bond acceptors (Lipinski definition) is 4. The molecule has 1 aromatic carbocycles. The molecule has 4 N–H and O–H groups in total. The van der Waals surface area contributed by atoms with Crippen molar-refractivity contribution in [2.75, 3.05) is 0 Å². The number of amides is 1. The molecule has 7 nitrogen and oxygen atoms in total. The van der Waals surface area contributed by atoms with E-state index < -0.39 is 47.4 Å². The van der Waals surface area contributed by atoms with Gasteiger partial charge in [0, 0.05) is 6.07 Å². The molecular formula is C11H10FNO6. The maximum Gasteiger partial charge on any atom is 0.326 e. The smallest absolute Gasteiger partial charge is 0.326 e. The van der Waals surface area contributed by atoms with Crippen LogP contribution in [0.4, 0.5) is 4.39 Å². The fourth-order valence-electron chi connectivity index (χ4n) is 1.30. The van der Waals surface area contributed by atoms with Crippen molar-refractivity contribution >= 4 is 17.8 Å². The highest BCUT2D eigenvalue weighted by atomic mass is 19.1. The third-order valence-corrected chi connectivity index (χ3v) is 2.18. The third kappa shape index (κ3) is 3.95. The van der Waals surface area contributed by atoms with E-state index in [2.05, 4.69) is 0 Å². The standard InChI is InChI=1S/C11H10FNO6/c12-7-3-5(14)1-2-6(7)10(17)13-8(11(18)19)4-9(15)16/h1-3,8,14H,4H2,(H,13,17)(H,15,16)(H,18,19)/t8-/m0/s1. The molecule has 1 aromatic rings. The lowest BCUT2D eigenvalue weighted by atomic mass is 10.1. The summed E-state index contributed by atoms with van der Waals surface area (Å²) in [5.41, 5.74) is -0.491. The average Bonchev–Trinajstić information content (AvgIpc) is 2.26. The normalized spacial score (nSPS) is 11.6. The van der Waals surface area contributed by atoms with E-state index in [1.807, 2.05) is 5.32 Å². The zero-order valence-corrected chi connectivity index (χ0v) is 9.46. The number of rotatable bonds is 5. The van der Waals surface area contributed by atoms with Gasteiger partial charge in [-0.3, -0.25) is 9.59 Å². The molecule has 0 fully saturated rings. The molecule has 0 bridgehead atoms. The number of carbonyl (C=O) groups is 3. The number of phenols is 1. The van der Waals surface area contributed by atoms with Crippen LogP contribution in [-0.4, -0.2) is 39.2 Å². The molecule has 8 heteroatoms. The van der Waals surface area contributed by atoms with Crippen LogP contribution in [0.25, 0.3) is 0 Å². The van der Waals surface area contributed by atoms with E-state index in [0.717, 1.165) is 12.1 Å². The van der Waals surface area contributed by atoms with E-state index in [-0.39, 0.29) is 0 Å². The van der Waals surface area contributed by atoms with Gasteiger partial charge in [-0.1, -0.05) is 0 Å². The molecule has 1 atom stereocenters. The van der Waals surface area contributed by atoms with Gasteiger partial charge >= 0.3 is 11.9 Å². The average molecular weight is 271 g/mol. The first-order valence-electron chi connectivity index (χ1n) is 5.05. The number of aromatic hydroxyl groups is 1. The van der Waals surface area contributed by atoms with Crippen LogP contribution in [0.2, 0.25) is 0 Å². The van der Waals surface area contributed by atoms with Crippen molar-refractivity contribution < 1.29 is 34.1 Å². The predicted octanol–water partition coefficient (Wildman–Crippen LogP) is 0.189. The highest BCUT2D eigenvalue weighted by Crippen LogP contribution is 2.15. The number of carboxylic acids is 2. The molecule has 0 aromatic heterocycles. The number of hydrogen-bond donors (Lipinski definition) is 4. The Kier molecular flexibility index (Phi) is 4.41. The van der Waals surface area contributed by atoms with E-state index in [9.17, 15) is 18.8 Å². The van der Waals surface area contributed by atoms with E-state index in [1.54, 1.807) is 0 Å². The first-order chi connectivity index (χ1) is 8.81. The van der Waals surface area contributed by atoms with Crippen LogP contribution in [0.3, 0.4) is 0 Å². The lowest BCUT2D eigenvalue weighted by Crippen LogP contribution is -2.42. The number of halogens is 1. The summed E-state index contributed by atoms with van der Waals surface area (Å²) in [6, 6.07) is 1.02. The highest BCUT2D eigenvalue weighted by Gasteiger charge is 2.24. The Morgan fingerprint density at radius 3 is 2.37 bits per heavy atom. The van der Waals surface area contributed by atoms with E-state index in [0.29, 0.717) is 6.07 Å². The summed E-state index contributed by atoms with van der Waals surface area (Å²) in [5.74, 6) is -5.48. The van der Waals surface area contributed by atoms with E-state index in [1.165, 1.54) is 0 Å². The fourth-order valence-corrected chi connectivity index (χ4v) is 1.30. The Bertz CT molecular complexity index is 530. The highest BCUT2D eigenvalue weighted by molar-refractivity contribution is 5.97. The third-order valence-electron chi connectivity index (χ3n) is 2.18. The van der Waals surface area contributed by atoms with Crippen molar-refractivity contribution in [3.63, 3.8) is 0 Å². The number of carbonyl (C=O) groups excluding carboxylic acids is 1. The topological polar surface area (TPSA) is 124 Å². The fraction of sp³-hybridized carbons (Fsp3) is 0.182. The van der Waals surface area contributed by atoms with Gasteiger partial charge in [-0.2, -0.15) is 0 Å². The molecule has 0 aliphatic rings. The first-order valence-corrected chi connectivity index (χ1v) is 5.05. The molecule has 0 spiro atoms. The van der Waals surface area contributed by atoms with Crippen LogP contribution >= 0.6 is 0 Å². The Morgan fingerprint density at radius 1 is 1.26 bits per heavy atom. The molecule has 0 aliphatic carbocycles. The van der Waals surface area contributed by atoms with E-state index >= 15 is 0 Å². The lowest BCUT2D eigenvalue weighted by Gasteiger charge is -2.12. The zero-order valence-electron chi connectivity index (χ0n) is 9.46. The molecular weight excluding hydrogens is 261 g/mol. The lowest BCUT2D eigenvalue weighted by molar-refractivity contribution is -0.145. The summed E-state index contributed by atoms with van der Waals surface area (Å²) >= 11 is 0. The first kappa shape index (κ1) is 14.4. The molecule has 0 unspecified atom stereocenters. The van der Waals surface area contributed by atoms with Gasteiger partial charge in [-0.15, -0.1) is 0 Å². The van der Waals surface area contributed by atoms with Gasteiger partial charge in [0.1, 0.15) is 17.6 Å². The molecule has 0 saturated carbocycles. The van der Waals surface area contributed by atoms with Crippen LogP contribution in [-0.2, 0) is 9.59 Å². The van der Waals surface area contributed by atoms with Crippen LogP contribution in [0.15, 0.2) is 18.2 Å². The van der Waals surface area contributed by atoms with Gasteiger partial charge in [0.05, 0.1) is 12.0 Å². The Hall–Kier alpha value is -2.64. The van der Waals surface area contributed by atoms with Gasteiger partial charge < -0.3 is 20.6 Å².